The van der Waals surface area contributed by atoms with Crippen molar-refractivity contribution in [3.05, 3.63) is 34.2 Å². The van der Waals surface area contributed by atoms with Gasteiger partial charge in [-0.15, -0.1) is 0 Å². The number of hydrogen-bond acceptors (Lipinski definition) is 6. The van der Waals surface area contributed by atoms with E-state index in [-0.39, 0.29) is 29.1 Å². The molecule has 0 unspecified atom stereocenters. The van der Waals surface area contributed by atoms with Crippen LogP contribution in [0.25, 0.3) is 0 Å². The molecule has 13 heteroatoms. The highest BCUT2D eigenvalue weighted by Gasteiger charge is 2.37. The van der Waals surface area contributed by atoms with Crippen LogP contribution in [-0.4, -0.2) is 70.7 Å². The molecule has 4 rings (SSSR count). The SMILES string of the molecule is Cc1nn(C(C)C)c(C)c1S(=O)(=O)N1CCC(N2CCC(Oc3ncc(C(F)(F)F)cc3Cl)CC2)CC1. The highest BCUT2D eigenvalue weighted by molar-refractivity contribution is 7.89. The zero-order valence-electron chi connectivity index (χ0n) is 21.4. The Morgan fingerprint density at radius 3 is 2.22 bits per heavy atom. The summed E-state index contributed by atoms with van der Waals surface area (Å²) in [5.74, 6) is 0.0120. The lowest BCUT2D eigenvalue weighted by molar-refractivity contribution is -0.137. The van der Waals surface area contributed by atoms with Gasteiger partial charge in [-0.1, -0.05) is 11.6 Å². The lowest BCUT2D eigenvalue weighted by Gasteiger charge is -2.41. The van der Waals surface area contributed by atoms with E-state index >= 15 is 0 Å². The zero-order valence-corrected chi connectivity index (χ0v) is 23.0. The fraction of sp³-hybridized carbons (Fsp3) is 0.667. The number of hydrogen-bond donors (Lipinski definition) is 0. The molecule has 0 aliphatic carbocycles. The van der Waals surface area contributed by atoms with E-state index in [1.807, 2.05) is 13.8 Å². The van der Waals surface area contributed by atoms with Gasteiger partial charge < -0.3 is 9.64 Å². The van der Waals surface area contributed by atoms with Crippen molar-refractivity contribution in [3.8, 4) is 5.88 Å². The Morgan fingerprint density at radius 1 is 1.08 bits per heavy atom. The Bertz CT molecular complexity index is 1220. The minimum absolute atomic E-state index is 0.0120. The average Bonchev–Trinajstić information content (AvgIpc) is 3.15. The summed E-state index contributed by atoms with van der Waals surface area (Å²) in [6, 6.07) is 1.17. The number of rotatable bonds is 6. The van der Waals surface area contributed by atoms with Crippen LogP contribution in [0.1, 0.15) is 62.5 Å². The van der Waals surface area contributed by atoms with Gasteiger partial charge in [0.25, 0.3) is 0 Å². The number of sulfonamides is 1. The molecule has 0 bridgehead atoms. The number of aryl methyl sites for hydroxylation is 1. The fourth-order valence-electron chi connectivity index (χ4n) is 5.28. The first-order valence-electron chi connectivity index (χ1n) is 12.5. The first-order valence-corrected chi connectivity index (χ1v) is 14.3. The highest BCUT2D eigenvalue weighted by Crippen LogP contribution is 2.34. The molecule has 0 radical (unpaired) electrons. The van der Waals surface area contributed by atoms with Crippen molar-refractivity contribution in [1.82, 2.24) is 24.0 Å². The van der Waals surface area contributed by atoms with Crippen LogP contribution in [-0.2, 0) is 16.2 Å². The predicted molar refractivity (Wildman–Crippen MR) is 133 cm³/mol. The second kappa shape index (κ2) is 10.7. The molecule has 0 amide bonds. The van der Waals surface area contributed by atoms with Crippen LogP contribution in [0, 0.1) is 13.8 Å². The molecule has 0 saturated carbocycles. The third-order valence-corrected chi connectivity index (χ3v) is 9.60. The standard InChI is InChI=1S/C24H33ClF3N5O3S/c1-15(2)33-17(4)22(16(3)30-33)37(34,35)32-11-5-19(6-12-32)31-9-7-20(8-10-31)36-23-21(25)13-18(14-29-23)24(26,27)28/h13-15,19-20H,5-12H2,1-4H3. The van der Waals surface area contributed by atoms with Gasteiger partial charge in [0.15, 0.2) is 0 Å². The van der Waals surface area contributed by atoms with Gasteiger partial charge in [-0.3, -0.25) is 4.68 Å². The van der Waals surface area contributed by atoms with Crippen LogP contribution in [0.2, 0.25) is 5.02 Å². The van der Waals surface area contributed by atoms with E-state index < -0.39 is 21.8 Å². The maximum atomic E-state index is 13.4. The van der Waals surface area contributed by atoms with Crippen molar-refractivity contribution in [2.75, 3.05) is 26.2 Å². The van der Waals surface area contributed by atoms with Gasteiger partial charge in [-0.05, 0) is 59.4 Å². The first kappa shape index (κ1) is 28.1. The molecule has 2 aromatic heterocycles. The fourth-order valence-corrected chi connectivity index (χ4v) is 7.33. The Kier molecular flexibility index (Phi) is 8.14. The number of likely N-dealkylation sites (tertiary alicyclic amines) is 1. The quantitative estimate of drug-likeness (QED) is 0.500. The summed E-state index contributed by atoms with van der Waals surface area (Å²) in [7, 11) is -3.63. The van der Waals surface area contributed by atoms with Gasteiger partial charge >= 0.3 is 6.18 Å². The summed E-state index contributed by atoms with van der Waals surface area (Å²) < 4.78 is 74.5. The maximum Gasteiger partial charge on any atom is 0.417 e. The minimum atomic E-state index is -4.51. The van der Waals surface area contributed by atoms with Crippen molar-refractivity contribution >= 4 is 21.6 Å². The van der Waals surface area contributed by atoms with E-state index in [9.17, 15) is 21.6 Å². The van der Waals surface area contributed by atoms with E-state index in [1.54, 1.807) is 22.8 Å². The van der Waals surface area contributed by atoms with Crippen molar-refractivity contribution in [2.45, 2.75) is 82.6 Å². The summed E-state index contributed by atoms with van der Waals surface area (Å²) in [5.41, 5.74) is 0.282. The molecular weight excluding hydrogens is 531 g/mol. The monoisotopic (exact) mass is 563 g/mol. The Balaban J connectivity index is 1.31. The summed E-state index contributed by atoms with van der Waals surface area (Å²) in [4.78, 5) is 6.43. The van der Waals surface area contributed by atoms with Crippen molar-refractivity contribution in [2.24, 2.45) is 0 Å². The number of aromatic nitrogens is 3. The minimum Gasteiger partial charge on any atom is -0.473 e. The van der Waals surface area contributed by atoms with Crippen LogP contribution in [0.4, 0.5) is 13.2 Å². The van der Waals surface area contributed by atoms with Gasteiger partial charge in [0.05, 0.1) is 17.0 Å². The van der Waals surface area contributed by atoms with Crippen molar-refractivity contribution in [3.63, 3.8) is 0 Å². The third-order valence-electron chi connectivity index (χ3n) is 7.18. The number of pyridine rings is 1. The highest BCUT2D eigenvalue weighted by atomic mass is 35.5. The molecule has 0 N–H and O–H groups in total. The van der Waals surface area contributed by atoms with Gasteiger partial charge in [-0.25, -0.2) is 13.4 Å². The molecule has 2 fully saturated rings. The summed E-state index contributed by atoms with van der Waals surface area (Å²) in [6.45, 7) is 9.89. The molecule has 0 spiro atoms. The first-order chi connectivity index (χ1) is 17.3. The van der Waals surface area contributed by atoms with Crippen LogP contribution in [0.5, 0.6) is 5.88 Å². The molecule has 0 aromatic carbocycles. The van der Waals surface area contributed by atoms with E-state index in [1.165, 1.54) is 0 Å². The van der Waals surface area contributed by atoms with Crippen molar-refractivity contribution < 1.29 is 26.3 Å². The second-order valence-electron chi connectivity index (χ2n) is 10.0. The van der Waals surface area contributed by atoms with Crippen LogP contribution in [0.3, 0.4) is 0 Å². The molecule has 2 aromatic rings. The number of piperidine rings is 2. The lowest BCUT2D eigenvalue weighted by Crippen LogP contribution is -2.50. The van der Waals surface area contributed by atoms with E-state index in [4.69, 9.17) is 16.3 Å². The molecular formula is C24H33ClF3N5O3S. The normalized spacial score (nSPS) is 19.6. The predicted octanol–water partition coefficient (Wildman–Crippen LogP) is 4.84. The van der Waals surface area contributed by atoms with Crippen LogP contribution in [0.15, 0.2) is 17.2 Å². The number of nitrogens with zero attached hydrogens (tertiary/aromatic N) is 5. The summed E-state index contributed by atoms with van der Waals surface area (Å²) in [6.07, 6.45) is -1.14. The lowest BCUT2D eigenvalue weighted by atomic mass is 10.00. The van der Waals surface area contributed by atoms with Gasteiger partial charge in [-0.2, -0.15) is 22.6 Å². The largest absolute Gasteiger partial charge is 0.473 e. The average molecular weight is 564 g/mol. The van der Waals surface area contributed by atoms with Crippen LogP contribution >= 0.6 is 11.6 Å². The number of ether oxygens (including phenoxy) is 1. The summed E-state index contributed by atoms with van der Waals surface area (Å²) in [5, 5.41) is 4.29. The molecule has 206 valence electrons. The molecule has 4 heterocycles. The number of alkyl halides is 3. The third kappa shape index (κ3) is 5.91. The molecule has 0 atom stereocenters. The molecule has 2 aliphatic heterocycles. The summed E-state index contributed by atoms with van der Waals surface area (Å²) >= 11 is 5.98. The van der Waals surface area contributed by atoms with Gasteiger partial charge in [0.1, 0.15) is 16.0 Å². The Morgan fingerprint density at radius 2 is 1.70 bits per heavy atom. The van der Waals surface area contributed by atoms with E-state index in [2.05, 4.69) is 15.0 Å². The van der Waals surface area contributed by atoms with Crippen molar-refractivity contribution in [1.29, 1.82) is 0 Å². The molecule has 2 aliphatic rings. The Labute approximate surface area is 220 Å². The smallest absolute Gasteiger partial charge is 0.417 e. The second-order valence-corrected chi connectivity index (χ2v) is 12.3. The molecule has 8 nitrogen and oxygen atoms in total. The zero-order chi connectivity index (χ0) is 27.1. The maximum absolute atomic E-state index is 13.4. The topological polar surface area (TPSA) is 80.6 Å². The Hall–Kier alpha value is -1.89. The number of halogens is 4. The van der Waals surface area contributed by atoms with Gasteiger partial charge in [0, 0.05) is 44.5 Å². The van der Waals surface area contributed by atoms with Gasteiger partial charge in [0.2, 0.25) is 15.9 Å². The van der Waals surface area contributed by atoms with E-state index in [0.717, 1.165) is 38.2 Å². The van der Waals surface area contributed by atoms with E-state index in [0.29, 0.717) is 42.2 Å². The van der Waals surface area contributed by atoms with Crippen LogP contribution < -0.4 is 4.74 Å². The molecule has 2 saturated heterocycles. The molecule has 37 heavy (non-hydrogen) atoms.